The molecule has 4 nitrogen and oxygen atoms in total. The summed E-state index contributed by atoms with van der Waals surface area (Å²) in [7, 11) is 3.34. The summed E-state index contributed by atoms with van der Waals surface area (Å²) < 4.78 is 0. The molecule has 0 rings (SSSR count). The minimum Gasteiger partial charge on any atom is -0.274 e. The van der Waals surface area contributed by atoms with E-state index in [0.29, 0.717) is 0 Å². The molecule has 1 N–H and O–H groups in total. The van der Waals surface area contributed by atoms with E-state index in [-0.39, 0.29) is 0 Å². The normalized spacial score (nSPS) is 11.1. The maximum Gasteiger partial charge on any atom is 0.117 e. The highest BCUT2D eigenvalue weighted by Crippen LogP contribution is 1.83. The Morgan fingerprint density at radius 1 is 1.62 bits per heavy atom. The van der Waals surface area contributed by atoms with E-state index in [1.807, 2.05) is 0 Å². The monoisotopic (exact) mass is 114 g/mol. The molecule has 4 heteroatoms. The molecule has 0 spiro atoms. The lowest BCUT2D eigenvalue weighted by atomic mass is 10.7. The van der Waals surface area contributed by atoms with E-state index in [2.05, 4.69) is 10.2 Å². The molecule has 8 heavy (non-hydrogen) atoms. The fraction of sp³-hybridized carbons (Fsp3) is 0.750. The van der Waals surface area contributed by atoms with Gasteiger partial charge in [0.25, 0.3) is 0 Å². The number of nitrogens with one attached hydrogen (secondary N) is 1. The van der Waals surface area contributed by atoms with Gasteiger partial charge in [-0.25, -0.2) is 5.01 Å². The Labute approximate surface area is 48.7 Å². The van der Waals surface area contributed by atoms with Crippen LogP contribution in [0.3, 0.4) is 0 Å². The van der Waals surface area contributed by atoms with E-state index < -0.39 is 0 Å². The van der Waals surface area contributed by atoms with Crippen LogP contribution in [0.15, 0.2) is 10.2 Å². The van der Waals surface area contributed by atoms with Crippen LogP contribution in [-0.2, 0) is 0 Å². The predicted octanol–water partition coefficient (Wildman–Crippen LogP) is 0.912. The summed E-state index contributed by atoms with van der Waals surface area (Å²) in [6.07, 6.45) is 0. The molecular weight excluding hydrogens is 104 g/mol. The molecule has 0 amide bonds. The predicted molar refractivity (Wildman–Crippen MR) is 31.9 cm³/mol. The van der Waals surface area contributed by atoms with Crippen molar-refractivity contribution < 1.29 is 0 Å². The second-order valence-electron chi connectivity index (χ2n) is 1.39. The smallest absolute Gasteiger partial charge is 0.117 e. The molecule has 0 bridgehead atoms. The zero-order valence-corrected chi connectivity index (χ0v) is 5.34. The minimum absolute atomic E-state index is 0.736. The average Bonchev–Trinajstić information content (AvgIpc) is 1.84. The van der Waals surface area contributed by atoms with Crippen LogP contribution in [-0.4, -0.2) is 24.9 Å². The number of nitrogens with zero attached hydrogens (tertiary/aromatic N) is 3. The van der Waals surface area contributed by atoms with E-state index in [9.17, 15) is 0 Å². The molecule has 46 valence electrons. The van der Waals surface area contributed by atoms with Crippen molar-refractivity contribution in [2.75, 3.05) is 14.1 Å². The fourth-order valence-electron chi connectivity index (χ4n) is 0.217. The zero-order chi connectivity index (χ0) is 6.57. The highest BCUT2D eigenvalue weighted by atomic mass is 15.5. The van der Waals surface area contributed by atoms with Gasteiger partial charge in [0.2, 0.25) is 0 Å². The van der Waals surface area contributed by atoms with E-state index in [1.165, 1.54) is 5.01 Å². The van der Waals surface area contributed by atoms with Gasteiger partial charge in [-0.1, -0.05) is 5.22 Å². The van der Waals surface area contributed by atoms with Crippen molar-refractivity contribution in [2.45, 2.75) is 6.92 Å². The first kappa shape index (κ1) is 7.07. The maximum absolute atomic E-state index is 6.51. The Bertz CT molecular complexity index is 107. The molecule has 0 aliphatic rings. The van der Waals surface area contributed by atoms with Crippen LogP contribution in [0.25, 0.3) is 0 Å². The molecule has 0 fully saturated rings. The summed E-state index contributed by atoms with van der Waals surface area (Å²) in [6.45, 7) is 1.79. The van der Waals surface area contributed by atoms with Gasteiger partial charge in [-0.05, 0) is 6.92 Å². The van der Waals surface area contributed by atoms with Gasteiger partial charge in [0.1, 0.15) is 5.84 Å². The number of rotatable bonds is 1. The van der Waals surface area contributed by atoms with Crippen LogP contribution in [0.5, 0.6) is 0 Å². The molecule has 0 saturated carbocycles. The van der Waals surface area contributed by atoms with Crippen molar-refractivity contribution >= 4 is 5.84 Å². The van der Waals surface area contributed by atoms with Crippen molar-refractivity contribution in [3.8, 4) is 0 Å². The first-order valence-electron chi connectivity index (χ1n) is 2.27. The topological polar surface area (TPSA) is 51.8 Å². The van der Waals surface area contributed by atoms with Gasteiger partial charge in [0, 0.05) is 14.1 Å². The molecule has 0 radical (unpaired) electrons. The highest BCUT2D eigenvalue weighted by molar-refractivity contribution is 5.78. The molecule has 0 aromatic rings. The Morgan fingerprint density at radius 3 is 2.25 bits per heavy atom. The van der Waals surface area contributed by atoms with Crippen molar-refractivity contribution in [3.63, 3.8) is 0 Å². The van der Waals surface area contributed by atoms with Gasteiger partial charge >= 0.3 is 0 Å². The summed E-state index contributed by atoms with van der Waals surface area (Å²) in [5.74, 6) is 0.736. The average molecular weight is 114 g/mol. The van der Waals surface area contributed by atoms with Crippen LogP contribution >= 0.6 is 0 Å². The summed E-state index contributed by atoms with van der Waals surface area (Å²) in [5, 5.41) is 4.50. The Morgan fingerprint density at radius 2 is 2.12 bits per heavy atom. The first-order valence-corrected chi connectivity index (χ1v) is 2.27. The van der Waals surface area contributed by atoms with Crippen LogP contribution in [0.2, 0.25) is 0 Å². The molecule has 0 atom stereocenters. The third kappa shape index (κ3) is 1.68. The second-order valence-corrected chi connectivity index (χ2v) is 1.39. The SMILES string of the molecule is CN=C(C)N(C)N=N. The van der Waals surface area contributed by atoms with Crippen molar-refractivity contribution in [1.82, 2.24) is 5.01 Å². The molecule has 0 aromatic carbocycles. The number of hydrogen-bond acceptors (Lipinski definition) is 3. The van der Waals surface area contributed by atoms with E-state index in [0.717, 1.165) is 5.84 Å². The third-order valence-electron chi connectivity index (χ3n) is 0.942. The molecule has 0 aliphatic carbocycles. The standard InChI is InChI=1S/C4H10N4/c1-4(6-2)8(3)7-5/h5H,1-3H3. The van der Waals surface area contributed by atoms with E-state index in [4.69, 9.17) is 5.53 Å². The molecule has 0 aromatic heterocycles. The Hall–Kier alpha value is -0.930. The third-order valence-corrected chi connectivity index (χ3v) is 0.942. The van der Waals surface area contributed by atoms with Gasteiger partial charge in [0.05, 0.1) is 0 Å². The molecule has 0 aliphatic heterocycles. The lowest BCUT2D eigenvalue weighted by Crippen LogP contribution is -2.16. The summed E-state index contributed by atoms with van der Waals surface area (Å²) in [5.41, 5.74) is 6.51. The summed E-state index contributed by atoms with van der Waals surface area (Å²) in [4.78, 5) is 3.79. The van der Waals surface area contributed by atoms with Crippen molar-refractivity contribution in [1.29, 1.82) is 5.53 Å². The highest BCUT2D eigenvalue weighted by Gasteiger charge is 1.91. The number of amidine groups is 1. The van der Waals surface area contributed by atoms with Crippen molar-refractivity contribution in [2.24, 2.45) is 10.2 Å². The van der Waals surface area contributed by atoms with Gasteiger partial charge < -0.3 is 0 Å². The Kier molecular flexibility index (Phi) is 2.76. The number of hydrogen-bond donors (Lipinski definition) is 1. The summed E-state index contributed by atoms with van der Waals surface area (Å²) >= 11 is 0. The molecule has 0 unspecified atom stereocenters. The van der Waals surface area contributed by atoms with Gasteiger partial charge in [-0.15, -0.1) is 0 Å². The summed E-state index contributed by atoms with van der Waals surface area (Å²) in [6, 6.07) is 0. The van der Waals surface area contributed by atoms with Crippen molar-refractivity contribution in [3.05, 3.63) is 0 Å². The second kappa shape index (κ2) is 3.12. The van der Waals surface area contributed by atoms with Gasteiger partial charge in [-0.2, -0.15) is 5.53 Å². The van der Waals surface area contributed by atoms with Crippen LogP contribution in [0.1, 0.15) is 6.92 Å². The van der Waals surface area contributed by atoms with Crippen LogP contribution in [0, 0.1) is 5.53 Å². The Balaban J connectivity index is 3.81. The van der Waals surface area contributed by atoms with E-state index in [1.54, 1.807) is 21.0 Å². The lowest BCUT2D eigenvalue weighted by molar-refractivity contribution is 0.484. The molecule has 0 heterocycles. The van der Waals surface area contributed by atoms with Crippen LogP contribution in [0.4, 0.5) is 0 Å². The first-order chi connectivity index (χ1) is 3.72. The quantitative estimate of drug-likeness (QED) is 0.234. The van der Waals surface area contributed by atoms with Crippen LogP contribution < -0.4 is 0 Å². The van der Waals surface area contributed by atoms with Gasteiger partial charge in [0.15, 0.2) is 0 Å². The maximum atomic E-state index is 6.51. The minimum atomic E-state index is 0.736. The number of aliphatic imine (C=N–C) groups is 1. The fourth-order valence-corrected chi connectivity index (χ4v) is 0.217. The van der Waals surface area contributed by atoms with Gasteiger partial charge in [-0.3, -0.25) is 4.99 Å². The lowest BCUT2D eigenvalue weighted by Gasteiger charge is -2.06. The largest absolute Gasteiger partial charge is 0.274 e. The molecule has 0 saturated heterocycles. The molecular formula is C4H10N4. The zero-order valence-electron chi connectivity index (χ0n) is 5.34. The van der Waals surface area contributed by atoms with E-state index >= 15 is 0 Å².